The molecule has 0 atom stereocenters. The van der Waals surface area contributed by atoms with Gasteiger partial charge in [-0.25, -0.2) is 13.4 Å². The highest BCUT2D eigenvalue weighted by Gasteiger charge is 2.11. The molecule has 0 bridgehead atoms. The van der Waals surface area contributed by atoms with Gasteiger partial charge in [0, 0.05) is 25.4 Å². The monoisotopic (exact) mass is 426 g/mol. The Bertz CT molecular complexity index is 1150. The van der Waals surface area contributed by atoms with Gasteiger partial charge in [0.15, 0.2) is 21.6 Å². The van der Waals surface area contributed by atoms with Crippen molar-refractivity contribution >= 4 is 15.8 Å². The molecule has 0 fully saturated rings. The minimum absolute atomic E-state index is 0.349. The number of sulfone groups is 1. The van der Waals surface area contributed by atoms with Crippen LogP contribution >= 0.6 is 0 Å². The minimum Gasteiger partial charge on any atom is -0.439 e. The van der Waals surface area contributed by atoms with E-state index >= 15 is 0 Å². The van der Waals surface area contributed by atoms with Crippen LogP contribution < -0.4 is 10.6 Å². The molecular formula is C22H26N4O3S. The molecule has 3 aromatic rings. The summed E-state index contributed by atoms with van der Waals surface area (Å²) < 4.78 is 29.3. The van der Waals surface area contributed by atoms with Crippen molar-refractivity contribution in [3.8, 4) is 11.3 Å². The molecule has 0 aliphatic heterocycles. The summed E-state index contributed by atoms with van der Waals surface area (Å²) in [6, 6.07) is 13.4. The van der Waals surface area contributed by atoms with Gasteiger partial charge in [-0.05, 0) is 31.0 Å². The molecule has 3 rings (SSSR count). The Morgan fingerprint density at radius 1 is 1.07 bits per heavy atom. The predicted molar refractivity (Wildman–Crippen MR) is 118 cm³/mol. The lowest BCUT2D eigenvalue weighted by molar-refractivity contribution is 0.497. The van der Waals surface area contributed by atoms with Gasteiger partial charge in [-0.2, -0.15) is 0 Å². The number of rotatable bonds is 6. The van der Waals surface area contributed by atoms with E-state index in [1.807, 2.05) is 37.3 Å². The SMILES string of the molecule is CN=C(NCc1ccc(S(C)(=O)=O)c(C)c1)NCc1ncc(-c2ccc(C)cc2)o1. The van der Waals surface area contributed by atoms with Crippen molar-refractivity contribution in [3.05, 3.63) is 71.2 Å². The maximum atomic E-state index is 11.7. The third-order valence-electron chi connectivity index (χ3n) is 4.62. The lowest BCUT2D eigenvalue weighted by Gasteiger charge is -2.12. The van der Waals surface area contributed by atoms with Gasteiger partial charge in [-0.3, -0.25) is 4.99 Å². The summed E-state index contributed by atoms with van der Waals surface area (Å²) >= 11 is 0. The van der Waals surface area contributed by atoms with Gasteiger partial charge in [0.05, 0.1) is 17.6 Å². The van der Waals surface area contributed by atoms with Crippen LogP contribution in [0.4, 0.5) is 0 Å². The highest BCUT2D eigenvalue weighted by molar-refractivity contribution is 7.90. The molecule has 1 heterocycles. The van der Waals surface area contributed by atoms with Crippen LogP contribution in [0.15, 0.2) is 63.0 Å². The number of aromatic nitrogens is 1. The second-order valence-electron chi connectivity index (χ2n) is 7.14. The summed E-state index contributed by atoms with van der Waals surface area (Å²) in [7, 11) is -1.54. The molecule has 0 radical (unpaired) electrons. The molecule has 0 saturated carbocycles. The molecule has 0 spiro atoms. The summed E-state index contributed by atoms with van der Waals surface area (Å²) in [6.45, 7) is 4.73. The fourth-order valence-electron chi connectivity index (χ4n) is 3.05. The lowest BCUT2D eigenvalue weighted by Crippen LogP contribution is -2.36. The molecule has 0 unspecified atom stereocenters. The number of hydrogen-bond donors (Lipinski definition) is 2. The highest BCUT2D eigenvalue weighted by Crippen LogP contribution is 2.20. The number of oxazole rings is 1. The van der Waals surface area contributed by atoms with Crippen molar-refractivity contribution in [2.45, 2.75) is 31.8 Å². The quantitative estimate of drug-likeness (QED) is 0.464. The molecule has 2 aromatic carbocycles. The smallest absolute Gasteiger partial charge is 0.214 e. The van der Waals surface area contributed by atoms with Crippen LogP contribution in [-0.2, 0) is 22.9 Å². The van der Waals surface area contributed by atoms with E-state index in [9.17, 15) is 8.42 Å². The average molecular weight is 427 g/mol. The van der Waals surface area contributed by atoms with Gasteiger partial charge in [0.25, 0.3) is 0 Å². The van der Waals surface area contributed by atoms with Crippen molar-refractivity contribution in [2.24, 2.45) is 4.99 Å². The second kappa shape index (κ2) is 9.13. The zero-order chi connectivity index (χ0) is 21.7. The van der Waals surface area contributed by atoms with Crippen LogP contribution in [0.25, 0.3) is 11.3 Å². The largest absolute Gasteiger partial charge is 0.439 e. The van der Waals surface area contributed by atoms with E-state index in [0.29, 0.717) is 29.8 Å². The van der Waals surface area contributed by atoms with E-state index in [2.05, 4.69) is 20.6 Å². The Balaban J connectivity index is 1.57. The third-order valence-corrected chi connectivity index (χ3v) is 5.88. The number of benzene rings is 2. The highest BCUT2D eigenvalue weighted by atomic mass is 32.2. The number of aryl methyl sites for hydroxylation is 2. The average Bonchev–Trinajstić information content (AvgIpc) is 3.17. The molecule has 0 aliphatic rings. The Kier molecular flexibility index (Phi) is 6.56. The summed E-state index contributed by atoms with van der Waals surface area (Å²) in [5.41, 5.74) is 3.86. The predicted octanol–water partition coefficient (Wildman–Crippen LogP) is 3.23. The molecule has 0 amide bonds. The van der Waals surface area contributed by atoms with Crippen molar-refractivity contribution in [3.63, 3.8) is 0 Å². The van der Waals surface area contributed by atoms with Gasteiger partial charge in [-0.15, -0.1) is 0 Å². The molecule has 8 heteroatoms. The van der Waals surface area contributed by atoms with E-state index in [0.717, 1.165) is 22.5 Å². The molecule has 30 heavy (non-hydrogen) atoms. The van der Waals surface area contributed by atoms with Gasteiger partial charge in [0.1, 0.15) is 0 Å². The second-order valence-corrected chi connectivity index (χ2v) is 9.12. The first kappa shape index (κ1) is 21.6. The van der Waals surface area contributed by atoms with E-state index in [4.69, 9.17) is 4.42 Å². The van der Waals surface area contributed by atoms with E-state index in [1.54, 1.807) is 32.3 Å². The zero-order valence-corrected chi connectivity index (χ0v) is 18.4. The minimum atomic E-state index is -3.22. The molecule has 158 valence electrons. The molecule has 2 N–H and O–H groups in total. The van der Waals surface area contributed by atoms with Crippen molar-refractivity contribution < 1.29 is 12.8 Å². The van der Waals surface area contributed by atoms with Gasteiger partial charge in [0.2, 0.25) is 5.89 Å². The first-order valence-electron chi connectivity index (χ1n) is 9.52. The van der Waals surface area contributed by atoms with Crippen LogP contribution in [0.5, 0.6) is 0 Å². The van der Waals surface area contributed by atoms with Crippen molar-refractivity contribution in [2.75, 3.05) is 13.3 Å². The zero-order valence-electron chi connectivity index (χ0n) is 17.6. The number of hydrogen-bond acceptors (Lipinski definition) is 5. The summed E-state index contributed by atoms with van der Waals surface area (Å²) in [6.07, 6.45) is 2.93. The maximum Gasteiger partial charge on any atom is 0.214 e. The standard InChI is InChI=1S/C22H26N4O3S/c1-15-5-8-18(9-6-15)19-13-24-21(29-19)14-26-22(23-3)25-12-17-7-10-20(16(2)11-17)30(4,27)28/h5-11,13H,12,14H2,1-4H3,(H2,23,25,26). The molecule has 7 nitrogen and oxygen atoms in total. The van der Waals surface area contributed by atoms with Crippen molar-refractivity contribution in [1.82, 2.24) is 15.6 Å². The Morgan fingerprint density at radius 3 is 2.40 bits per heavy atom. The number of nitrogens with one attached hydrogen (secondary N) is 2. The normalized spacial score (nSPS) is 12.1. The van der Waals surface area contributed by atoms with E-state index in [-0.39, 0.29) is 0 Å². The summed E-state index contributed by atoms with van der Waals surface area (Å²) in [5, 5.41) is 6.37. The first-order valence-corrected chi connectivity index (χ1v) is 11.4. The molecule has 1 aromatic heterocycles. The summed E-state index contributed by atoms with van der Waals surface area (Å²) in [5.74, 6) is 1.87. The van der Waals surface area contributed by atoms with Gasteiger partial charge < -0.3 is 15.1 Å². The van der Waals surface area contributed by atoms with Crippen LogP contribution in [0, 0.1) is 13.8 Å². The van der Waals surface area contributed by atoms with Crippen LogP contribution in [0.3, 0.4) is 0 Å². The topological polar surface area (TPSA) is 96.6 Å². The maximum absolute atomic E-state index is 11.7. The number of guanidine groups is 1. The fourth-order valence-corrected chi connectivity index (χ4v) is 4.01. The molecule has 0 aliphatic carbocycles. The fraction of sp³-hybridized carbons (Fsp3) is 0.273. The number of aliphatic imine (C=N–C) groups is 1. The van der Waals surface area contributed by atoms with Crippen molar-refractivity contribution in [1.29, 1.82) is 0 Å². The van der Waals surface area contributed by atoms with Crippen LogP contribution in [0.1, 0.15) is 22.6 Å². The Labute approximate surface area is 177 Å². The van der Waals surface area contributed by atoms with E-state index in [1.165, 1.54) is 11.8 Å². The van der Waals surface area contributed by atoms with Crippen LogP contribution in [0.2, 0.25) is 0 Å². The van der Waals surface area contributed by atoms with Gasteiger partial charge in [-0.1, -0.05) is 42.0 Å². The Morgan fingerprint density at radius 2 is 1.77 bits per heavy atom. The van der Waals surface area contributed by atoms with Crippen LogP contribution in [-0.4, -0.2) is 32.7 Å². The third kappa shape index (κ3) is 5.48. The Hall–Kier alpha value is -3.13. The number of nitrogens with zero attached hydrogens (tertiary/aromatic N) is 2. The van der Waals surface area contributed by atoms with Gasteiger partial charge >= 0.3 is 0 Å². The van der Waals surface area contributed by atoms with E-state index < -0.39 is 9.84 Å². The lowest BCUT2D eigenvalue weighted by atomic mass is 10.1. The first-order chi connectivity index (χ1) is 14.3. The molecule has 0 saturated heterocycles. The summed E-state index contributed by atoms with van der Waals surface area (Å²) in [4.78, 5) is 8.87. The molecular weight excluding hydrogens is 400 g/mol.